The summed E-state index contributed by atoms with van der Waals surface area (Å²) in [6, 6.07) is 12.1. The molecule has 162 valence electrons. The molecule has 0 spiro atoms. The number of aromatic hydroxyl groups is 1. The lowest BCUT2D eigenvalue weighted by Crippen LogP contribution is -2.27. The summed E-state index contributed by atoms with van der Waals surface area (Å²) in [6.07, 6.45) is 2.24. The normalized spacial score (nSPS) is 18.9. The maximum absolute atomic E-state index is 12.6. The van der Waals surface area contributed by atoms with Gasteiger partial charge in [-0.25, -0.2) is 0 Å². The van der Waals surface area contributed by atoms with Crippen LogP contribution in [0.15, 0.2) is 36.4 Å². The summed E-state index contributed by atoms with van der Waals surface area (Å²) in [5.74, 6) is 0.771. The lowest BCUT2D eigenvalue weighted by atomic mass is 9.75. The third kappa shape index (κ3) is 5.24. The number of benzene rings is 2. The van der Waals surface area contributed by atoms with E-state index >= 15 is 0 Å². The van der Waals surface area contributed by atoms with Crippen LogP contribution < -0.4 is 5.32 Å². The fourth-order valence-electron chi connectivity index (χ4n) is 4.46. The van der Waals surface area contributed by atoms with Gasteiger partial charge in [-0.1, -0.05) is 65.8 Å². The summed E-state index contributed by atoms with van der Waals surface area (Å²) >= 11 is 0. The zero-order valence-electron chi connectivity index (χ0n) is 19.6. The lowest BCUT2D eigenvalue weighted by Gasteiger charge is -2.30. The molecule has 1 saturated carbocycles. The molecule has 3 nitrogen and oxygen atoms in total. The summed E-state index contributed by atoms with van der Waals surface area (Å²) in [6.45, 7) is 15.8. The molecular weight excluding hydrogens is 370 g/mol. The van der Waals surface area contributed by atoms with E-state index < -0.39 is 0 Å². The lowest BCUT2D eigenvalue weighted by molar-refractivity contribution is -0.121. The summed E-state index contributed by atoms with van der Waals surface area (Å²) < 4.78 is 0. The van der Waals surface area contributed by atoms with Crippen molar-refractivity contribution < 1.29 is 9.90 Å². The topological polar surface area (TPSA) is 49.3 Å². The van der Waals surface area contributed by atoms with Crippen LogP contribution >= 0.6 is 0 Å². The van der Waals surface area contributed by atoms with Crippen molar-refractivity contribution in [2.24, 2.45) is 0 Å². The van der Waals surface area contributed by atoms with Gasteiger partial charge < -0.3 is 10.4 Å². The minimum absolute atomic E-state index is 0.0771. The Bertz CT molecular complexity index is 878. The molecule has 2 atom stereocenters. The quantitative estimate of drug-likeness (QED) is 0.648. The maximum Gasteiger partial charge on any atom is 0.220 e. The number of carbonyl (C=O) groups excluding carboxylic acids is 1. The number of rotatable bonds is 5. The zero-order valence-corrected chi connectivity index (χ0v) is 19.6. The number of aryl methyl sites for hydroxylation is 1. The van der Waals surface area contributed by atoms with Crippen molar-refractivity contribution in [1.29, 1.82) is 0 Å². The Morgan fingerprint density at radius 1 is 1.00 bits per heavy atom. The Balaban J connectivity index is 1.65. The minimum atomic E-state index is 0.0771. The van der Waals surface area contributed by atoms with E-state index in [2.05, 4.69) is 65.9 Å². The molecule has 3 rings (SSSR count). The van der Waals surface area contributed by atoms with E-state index in [9.17, 15) is 9.90 Å². The van der Waals surface area contributed by atoms with Gasteiger partial charge in [0.25, 0.3) is 0 Å². The highest BCUT2D eigenvalue weighted by atomic mass is 16.3. The third-order valence-electron chi connectivity index (χ3n) is 6.18. The Labute approximate surface area is 181 Å². The van der Waals surface area contributed by atoms with Crippen LogP contribution in [0.5, 0.6) is 5.75 Å². The predicted molar refractivity (Wildman–Crippen MR) is 124 cm³/mol. The Hall–Kier alpha value is -2.29. The van der Waals surface area contributed by atoms with Crippen LogP contribution in [0.3, 0.4) is 0 Å². The summed E-state index contributed by atoms with van der Waals surface area (Å²) in [4.78, 5) is 12.6. The first kappa shape index (κ1) is 22.4. The molecule has 2 aromatic rings. The van der Waals surface area contributed by atoms with E-state index in [0.29, 0.717) is 12.3 Å². The van der Waals surface area contributed by atoms with Gasteiger partial charge in [0.05, 0.1) is 0 Å². The highest BCUT2D eigenvalue weighted by Crippen LogP contribution is 2.41. The van der Waals surface area contributed by atoms with E-state index in [1.54, 1.807) is 12.1 Å². The molecule has 2 unspecified atom stereocenters. The molecule has 0 aliphatic heterocycles. The van der Waals surface area contributed by atoms with Crippen LogP contribution in [0, 0.1) is 6.92 Å². The van der Waals surface area contributed by atoms with E-state index in [-0.39, 0.29) is 28.5 Å². The van der Waals surface area contributed by atoms with Gasteiger partial charge in [0.15, 0.2) is 0 Å². The number of carbonyl (C=O) groups is 1. The molecule has 1 aliphatic carbocycles. The first-order valence-corrected chi connectivity index (χ1v) is 11.1. The van der Waals surface area contributed by atoms with Crippen LogP contribution in [0.2, 0.25) is 0 Å². The highest BCUT2D eigenvalue weighted by Gasteiger charge is 2.39. The van der Waals surface area contributed by atoms with Gasteiger partial charge in [-0.05, 0) is 70.5 Å². The summed E-state index contributed by atoms with van der Waals surface area (Å²) in [5, 5.41) is 12.6. The van der Waals surface area contributed by atoms with Crippen LogP contribution in [-0.4, -0.2) is 17.1 Å². The monoisotopic (exact) mass is 407 g/mol. The van der Waals surface area contributed by atoms with Crippen molar-refractivity contribution in [2.45, 2.75) is 90.5 Å². The number of hydrogen-bond donors (Lipinski definition) is 2. The molecule has 3 heteroatoms. The number of nitrogens with one attached hydrogen (secondary N) is 1. The Morgan fingerprint density at radius 3 is 2.03 bits per heavy atom. The molecule has 30 heavy (non-hydrogen) atoms. The van der Waals surface area contributed by atoms with Crippen LogP contribution in [0.1, 0.15) is 88.1 Å². The van der Waals surface area contributed by atoms with Gasteiger partial charge in [0, 0.05) is 18.4 Å². The first-order chi connectivity index (χ1) is 13.9. The van der Waals surface area contributed by atoms with Gasteiger partial charge >= 0.3 is 0 Å². The highest BCUT2D eigenvalue weighted by molar-refractivity contribution is 5.77. The van der Waals surface area contributed by atoms with Gasteiger partial charge in [0.2, 0.25) is 5.91 Å². The van der Waals surface area contributed by atoms with Crippen molar-refractivity contribution in [3.8, 4) is 5.75 Å². The standard InChI is InChI=1S/C27H37NO2/c1-17-22(26(2,3)4)14-18(15-23(17)27(5,6)7)8-13-25(30)28-24-16-21(24)19-9-11-20(29)12-10-19/h9-12,14-15,21,24,29H,8,13,16H2,1-7H3,(H,28,30). The average molecular weight is 408 g/mol. The number of amides is 1. The molecule has 2 aromatic carbocycles. The van der Waals surface area contributed by atoms with E-state index in [1.807, 2.05) is 12.1 Å². The van der Waals surface area contributed by atoms with E-state index in [1.165, 1.54) is 27.8 Å². The molecule has 2 N–H and O–H groups in total. The van der Waals surface area contributed by atoms with Crippen molar-refractivity contribution in [3.63, 3.8) is 0 Å². The molecule has 1 amide bonds. The third-order valence-corrected chi connectivity index (χ3v) is 6.18. The number of phenols is 1. The molecule has 1 aliphatic rings. The van der Waals surface area contributed by atoms with Gasteiger partial charge in [-0.3, -0.25) is 4.79 Å². The molecular formula is C27H37NO2. The minimum Gasteiger partial charge on any atom is -0.508 e. The number of phenolic OH excluding ortho intramolecular Hbond substituents is 1. The maximum atomic E-state index is 12.6. The van der Waals surface area contributed by atoms with Gasteiger partial charge in [0.1, 0.15) is 5.75 Å². The average Bonchev–Trinajstić information content (AvgIpc) is 3.38. The summed E-state index contributed by atoms with van der Waals surface area (Å²) in [7, 11) is 0. The smallest absolute Gasteiger partial charge is 0.220 e. The molecule has 0 bridgehead atoms. The van der Waals surface area contributed by atoms with Crippen molar-refractivity contribution in [1.82, 2.24) is 5.32 Å². The van der Waals surface area contributed by atoms with E-state index in [4.69, 9.17) is 0 Å². The molecule has 0 saturated heterocycles. The second-order valence-electron chi connectivity index (χ2n) is 10.9. The predicted octanol–water partition coefficient (Wildman–Crippen LogP) is 5.90. The largest absolute Gasteiger partial charge is 0.508 e. The van der Waals surface area contributed by atoms with Crippen molar-refractivity contribution in [2.75, 3.05) is 0 Å². The molecule has 1 fully saturated rings. The molecule has 0 radical (unpaired) electrons. The SMILES string of the molecule is Cc1c(C(C)(C)C)cc(CCC(=O)NC2CC2c2ccc(O)cc2)cc1C(C)(C)C. The van der Waals surface area contributed by atoms with Gasteiger partial charge in [-0.15, -0.1) is 0 Å². The number of hydrogen-bond acceptors (Lipinski definition) is 2. The Morgan fingerprint density at radius 2 is 1.53 bits per heavy atom. The second-order valence-corrected chi connectivity index (χ2v) is 10.9. The van der Waals surface area contributed by atoms with Crippen molar-refractivity contribution >= 4 is 5.91 Å². The van der Waals surface area contributed by atoms with Gasteiger partial charge in [-0.2, -0.15) is 0 Å². The summed E-state index contributed by atoms with van der Waals surface area (Å²) in [5.41, 5.74) is 6.71. The van der Waals surface area contributed by atoms with Crippen molar-refractivity contribution in [3.05, 3.63) is 64.2 Å². The van der Waals surface area contributed by atoms with Crippen LogP contribution in [-0.2, 0) is 22.0 Å². The second kappa shape index (κ2) is 8.09. The molecule has 0 heterocycles. The first-order valence-electron chi connectivity index (χ1n) is 11.1. The fraction of sp³-hybridized carbons (Fsp3) is 0.519. The van der Waals surface area contributed by atoms with Crippen LogP contribution in [0.4, 0.5) is 0 Å². The molecule has 0 aromatic heterocycles. The zero-order chi connectivity index (χ0) is 22.3. The Kier molecular flexibility index (Phi) is 6.04. The van der Waals surface area contributed by atoms with E-state index in [0.717, 1.165) is 12.8 Å². The van der Waals surface area contributed by atoms with Crippen LogP contribution in [0.25, 0.3) is 0 Å². The fourth-order valence-corrected chi connectivity index (χ4v) is 4.46.